The number of piperazine rings is 1. The van der Waals surface area contributed by atoms with Gasteiger partial charge in [-0.2, -0.15) is 0 Å². The molecular weight excluding hydrogens is 384 g/mol. The van der Waals surface area contributed by atoms with Crippen LogP contribution in [0.3, 0.4) is 0 Å². The number of amides is 1. The fourth-order valence-electron chi connectivity index (χ4n) is 4.78. The molecule has 0 saturated carbocycles. The second kappa shape index (κ2) is 7.55. The van der Waals surface area contributed by atoms with Crippen LogP contribution in [0.2, 0.25) is 0 Å². The van der Waals surface area contributed by atoms with Crippen molar-refractivity contribution in [2.75, 3.05) is 57.3 Å². The molecule has 0 spiro atoms. The number of ketones is 1. The van der Waals surface area contributed by atoms with E-state index in [1.807, 2.05) is 18.2 Å². The molecule has 9 heteroatoms. The van der Waals surface area contributed by atoms with Crippen LogP contribution < -0.4 is 21.2 Å². The van der Waals surface area contributed by atoms with Crippen molar-refractivity contribution in [3.63, 3.8) is 0 Å². The minimum Gasteiger partial charge on any atom is -0.369 e. The van der Waals surface area contributed by atoms with Gasteiger partial charge in [0.15, 0.2) is 11.8 Å². The Morgan fingerprint density at radius 2 is 1.80 bits per heavy atom. The van der Waals surface area contributed by atoms with Crippen LogP contribution in [-0.2, 0) is 16.6 Å². The van der Waals surface area contributed by atoms with Gasteiger partial charge < -0.3 is 15.5 Å². The van der Waals surface area contributed by atoms with Crippen LogP contribution in [0.1, 0.15) is 12.5 Å². The zero-order valence-electron chi connectivity index (χ0n) is 17.3. The molecule has 3 fully saturated rings. The second-order valence-electron chi connectivity index (χ2n) is 8.61. The molecule has 30 heavy (non-hydrogen) atoms. The van der Waals surface area contributed by atoms with Crippen LogP contribution >= 0.6 is 0 Å². The molecule has 0 radical (unpaired) electrons. The van der Waals surface area contributed by atoms with Gasteiger partial charge in [0.2, 0.25) is 0 Å². The topological polar surface area (TPSA) is 91.6 Å². The number of carbonyl (C=O) groups is 2. The van der Waals surface area contributed by atoms with E-state index in [-0.39, 0.29) is 17.9 Å². The standard InChI is InChI=1S/C21H28N6O3/c1-24-17-10-15(26-8-6-25(7-9-26)13-14-11-22-12-14)2-3-16(17)27(21(24)30)19-18(28)4-5-23-20(19)29/h2-3,10,14,19,22H,4-9,11-13H2,1H3,(H,23,29). The van der Waals surface area contributed by atoms with Crippen LogP contribution in [0, 0.1) is 5.92 Å². The number of aryl methyl sites for hydroxylation is 1. The molecule has 9 nitrogen and oxygen atoms in total. The number of hydrogen-bond acceptors (Lipinski definition) is 6. The summed E-state index contributed by atoms with van der Waals surface area (Å²) in [6.45, 7) is 7.72. The third-order valence-corrected chi connectivity index (χ3v) is 6.67. The maximum absolute atomic E-state index is 12.9. The molecule has 2 N–H and O–H groups in total. The number of nitrogens with one attached hydrogen (secondary N) is 2. The Morgan fingerprint density at radius 3 is 2.47 bits per heavy atom. The molecule has 1 aromatic carbocycles. The van der Waals surface area contributed by atoms with E-state index in [0.29, 0.717) is 12.1 Å². The summed E-state index contributed by atoms with van der Waals surface area (Å²) in [4.78, 5) is 42.5. The smallest absolute Gasteiger partial charge is 0.329 e. The van der Waals surface area contributed by atoms with Gasteiger partial charge in [-0.05, 0) is 24.1 Å². The number of piperidine rings is 1. The van der Waals surface area contributed by atoms with E-state index >= 15 is 0 Å². The molecule has 3 aliphatic rings. The number of imidazole rings is 1. The number of nitrogens with zero attached hydrogens (tertiary/aromatic N) is 4. The third-order valence-electron chi connectivity index (χ3n) is 6.67. The highest BCUT2D eigenvalue weighted by atomic mass is 16.2. The van der Waals surface area contributed by atoms with E-state index in [9.17, 15) is 14.4 Å². The maximum atomic E-state index is 12.9. The number of hydrogen-bond donors (Lipinski definition) is 2. The van der Waals surface area contributed by atoms with Crippen molar-refractivity contribution < 1.29 is 9.59 Å². The van der Waals surface area contributed by atoms with Gasteiger partial charge in [-0.15, -0.1) is 0 Å². The van der Waals surface area contributed by atoms with Gasteiger partial charge in [-0.3, -0.25) is 23.6 Å². The summed E-state index contributed by atoms with van der Waals surface area (Å²) < 4.78 is 2.88. The summed E-state index contributed by atoms with van der Waals surface area (Å²) >= 11 is 0. The number of benzene rings is 1. The van der Waals surface area contributed by atoms with E-state index in [4.69, 9.17) is 0 Å². The largest absolute Gasteiger partial charge is 0.369 e. The van der Waals surface area contributed by atoms with Crippen LogP contribution in [0.4, 0.5) is 5.69 Å². The molecule has 1 aromatic heterocycles. The highest BCUT2D eigenvalue weighted by Crippen LogP contribution is 2.26. The Hall–Kier alpha value is -2.65. The first-order chi connectivity index (χ1) is 14.5. The molecule has 0 aliphatic carbocycles. The van der Waals surface area contributed by atoms with E-state index in [2.05, 4.69) is 20.4 Å². The summed E-state index contributed by atoms with van der Waals surface area (Å²) in [7, 11) is 1.70. The van der Waals surface area contributed by atoms with Crippen LogP contribution in [0.15, 0.2) is 23.0 Å². The number of rotatable bonds is 4. The zero-order valence-corrected chi connectivity index (χ0v) is 17.3. The first-order valence-electron chi connectivity index (χ1n) is 10.7. The van der Waals surface area contributed by atoms with Crippen molar-refractivity contribution in [2.24, 2.45) is 13.0 Å². The summed E-state index contributed by atoms with van der Waals surface area (Å²) in [5, 5.41) is 6.04. The fourth-order valence-corrected chi connectivity index (χ4v) is 4.78. The number of aromatic nitrogens is 2. The molecule has 2 aromatic rings. The SMILES string of the molecule is Cn1c(=O)n(C2C(=O)CCNC2=O)c2ccc(N3CCN(CC4CNC4)CC3)cc21. The molecule has 0 bridgehead atoms. The van der Waals surface area contributed by atoms with Crippen molar-refractivity contribution in [3.8, 4) is 0 Å². The zero-order chi connectivity index (χ0) is 20.8. The van der Waals surface area contributed by atoms with Gasteiger partial charge in [-0.25, -0.2) is 4.79 Å². The molecule has 3 aliphatic heterocycles. The monoisotopic (exact) mass is 412 g/mol. The Bertz CT molecular complexity index is 1030. The summed E-state index contributed by atoms with van der Waals surface area (Å²) in [5.74, 6) is 0.166. The lowest BCUT2D eigenvalue weighted by molar-refractivity contribution is -0.135. The van der Waals surface area contributed by atoms with Crippen LogP contribution in [0.25, 0.3) is 11.0 Å². The van der Waals surface area contributed by atoms with Crippen molar-refractivity contribution in [1.29, 1.82) is 0 Å². The fraction of sp³-hybridized carbons (Fsp3) is 0.571. The maximum Gasteiger partial charge on any atom is 0.329 e. The molecule has 4 heterocycles. The molecule has 5 rings (SSSR count). The minimum atomic E-state index is -1.08. The summed E-state index contributed by atoms with van der Waals surface area (Å²) in [6.07, 6.45) is 0.249. The lowest BCUT2D eigenvalue weighted by atomic mass is 10.0. The molecule has 1 atom stereocenters. The minimum absolute atomic E-state index is 0.213. The average Bonchev–Trinajstić information content (AvgIpc) is 2.96. The Labute approximate surface area is 174 Å². The van der Waals surface area contributed by atoms with E-state index in [0.717, 1.165) is 62.9 Å². The number of fused-ring (bicyclic) bond motifs is 1. The van der Waals surface area contributed by atoms with Crippen LogP contribution in [0.5, 0.6) is 0 Å². The highest BCUT2D eigenvalue weighted by Gasteiger charge is 2.34. The number of anilines is 1. The first kappa shape index (κ1) is 19.3. The Balaban J connectivity index is 1.40. The normalized spacial score (nSPS) is 23.6. The lowest BCUT2D eigenvalue weighted by Gasteiger charge is -2.39. The van der Waals surface area contributed by atoms with Gasteiger partial charge in [0.25, 0.3) is 5.91 Å². The van der Waals surface area contributed by atoms with Crippen LogP contribution in [-0.4, -0.2) is 78.1 Å². The molecule has 3 saturated heterocycles. The molecule has 1 unspecified atom stereocenters. The average molecular weight is 412 g/mol. The first-order valence-corrected chi connectivity index (χ1v) is 10.7. The van der Waals surface area contributed by atoms with Gasteiger partial charge in [0.05, 0.1) is 11.0 Å². The number of carbonyl (C=O) groups excluding carboxylic acids is 2. The quantitative estimate of drug-likeness (QED) is 0.646. The molecule has 160 valence electrons. The van der Waals surface area contributed by atoms with Crippen molar-refractivity contribution in [3.05, 3.63) is 28.7 Å². The van der Waals surface area contributed by atoms with Crippen molar-refractivity contribution in [1.82, 2.24) is 24.7 Å². The van der Waals surface area contributed by atoms with Gasteiger partial charge in [-0.1, -0.05) is 0 Å². The predicted octanol–water partition coefficient (Wildman–Crippen LogP) is -0.688. The highest BCUT2D eigenvalue weighted by molar-refractivity contribution is 6.06. The molecular formula is C21H28N6O3. The van der Waals surface area contributed by atoms with Crippen molar-refractivity contribution in [2.45, 2.75) is 12.5 Å². The Kier molecular flexibility index (Phi) is 4.86. The molecule has 1 amide bonds. The van der Waals surface area contributed by atoms with E-state index < -0.39 is 11.9 Å². The summed E-state index contributed by atoms with van der Waals surface area (Å²) in [6, 6.07) is 4.79. The van der Waals surface area contributed by atoms with Gasteiger partial charge in [0, 0.05) is 71.5 Å². The number of Topliss-reactive ketones (excluding diaryl/α,β-unsaturated/α-hetero) is 1. The lowest BCUT2D eigenvalue weighted by Crippen LogP contribution is -2.53. The van der Waals surface area contributed by atoms with E-state index in [1.165, 1.54) is 9.13 Å². The van der Waals surface area contributed by atoms with Gasteiger partial charge in [0.1, 0.15) is 0 Å². The summed E-state index contributed by atoms with van der Waals surface area (Å²) in [5.41, 5.74) is 2.10. The third kappa shape index (κ3) is 3.22. The van der Waals surface area contributed by atoms with E-state index in [1.54, 1.807) is 7.05 Å². The van der Waals surface area contributed by atoms with Gasteiger partial charge >= 0.3 is 5.69 Å². The predicted molar refractivity (Wildman–Crippen MR) is 114 cm³/mol. The Morgan fingerprint density at radius 1 is 1.03 bits per heavy atom. The second-order valence-corrected chi connectivity index (χ2v) is 8.61. The van der Waals surface area contributed by atoms with Crippen molar-refractivity contribution >= 4 is 28.4 Å².